The second kappa shape index (κ2) is 4.26. The summed E-state index contributed by atoms with van der Waals surface area (Å²) in [5, 5.41) is 8.66. The van der Waals surface area contributed by atoms with Crippen LogP contribution in [0.15, 0.2) is 15.4 Å². The highest BCUT2D eigenvalue weighted by molar-refractivity contribution is 7.89. The molecular formula is C9H13NO5S. The fourth-order valence-electron chi connectivity index (χ4n) is 1.21. The molecule has 0 saturated heterocycles. The average Bonchev–Trinajstić information content (AvgIpc) is 2.45. The fraction of sp³-hybridized carbons (Fsp3) is 0.444. The highest BCUT2D eigenvalue weighted by atomic mass is 32.2. The van der Waals surface area contributed by atoms with Gasteiger partial charge in [0.15, 0.2) is 0 Å². The summed E-state index contributed by atoms with van der Waals surface area (Å²) in [6, 6.07) is 0.732. The molecule has 0 atom stereocenters. The van der Waals surface area contributed by atoms with Gasteiger partial charge >= 0.3 is 5.97 Å². The van der Waals surface area contributed by atoms with E-state index in [1.807, 2.05) is 0 Å². The maximum Gasteiger partial charge on any atom is 0.371 e. The molecule has 0 unspecified atom stereocenters. The van der Waals surface area contributed by atoms with E-state index in [0.29, 0.717) is 0 Å². The first kappa shape index (κ1) is 12.7. The van der Waals surface area contributed by atoms with Gasteiger partial charge in [-0.2, -0.15) is 0 Å². The molecule has 0 saturated carbocycles. The molecule has 0 aromatic carbocycles. The van der Waals surface area contributed by atoms with Crippen LogP contribution in [0.5, 0.6) is 0 Å². The Morgan fingerprint density at radius 3 is 2.44 bits per heavy atom. The SMILES string of the molecule is Cc1oc(C(=O)O)cc1S(=O)(=O)NC(C)C. The summed E-state index contributed by atoms with van der Waals surface area (Å²) in [5.41, 5.74) is 0. The van der Waals surface area contributed by atoms with Crippen LogP contribution in [0.2, 0.25) is 0 Å². The van der Waals surface area contributed by atoms with Crippen LogP contribution in [-0.2, 0) is 10.0 Å². The summed E-state index contributed by atoms with van der Waals surface area (Å²) in [4.78, 5) is 10.5. The average molecular weight is 247 g/mol. The first-order valence-electron chi connectivity index (χ1n) is 4.60. The predicted octanol–water partition coefficient (Wildman–Crippen LogP) is 0.973. The van der Waals surface area contributed by atoms with Gasteiger partial charge in [0.1, 0.15) is 10.7 Å². The lowest BCUT2D eigenvalue weighted by Crippen LogP contribution is -2.30. The topological polar surface area (TPSA) is 96.6 Å². The Morgan fingerprint density at radius 1 is 1.50 bits per heavy atom. The molecule has 0 amide bonds. The van der Waals surface area contributed by atoms with Gasteiger partial charge in [-0.15, -0.1) is 0 Å². The van der Waals surface area contributed by atoms with Crippen molar-refractivity contribution < 1.29 is 22.7 Å². The standard InChI is InChI=1S/C9H13NO5S/c1-5(2)10-16(13,14)8-4-7(9(11)12)15-6(8)3/h4-5,10H,1-3H3,(H,11,12). The molecule has 6 nitrogen and oxygen atoms in total. The van der Waals surface area contributed by atoms with E-state index in [1.54, 1.807) is 13.8 Å². The van der Waals surface area contributed by atoms with Crippen molar-refractivity contribution in [2.24, 2.45) is 0 Å². The van der Waals surface area contributed by atoms with Crippen LogP contribution in [0, 0.1) is 6.92 Å². The first-order valence-corrected chi connectivity index (χ1v) is 6.08. The monoisotopic (exact) mass is 247 g/mol. The molecule has 0 fully saturated rings. The normalized spacial score (nSPS) is 12.0. The van der Waals surface area contributed by atoms with Gasteiger partial charge in [-0.1, -0.05) is 0 Å². The van der Waals surface area contributed by atoms with E-state index in [4.69, 9.17) is 9.52 Å². The molecule has 0 radical (unpaired) electrons. The number of aromatic carboxylic acids is 1. The van der Waals surface area contributed by atoms with Crippen molar-refractivity contribution in [1.82, 2.24) is 4.72 Å². The molecule has 0 bridgehead atoms. The molecule has 1 aromatic rings. The quantitative estimate of drug-likeness (QED) is 0.826. The highest BCUT2D eigenvalue weighted by Gasteiger charge is 2.24. The van der Waals surface area contributed by atoms with Crippen LogP contribution in [-0.4, -0.2) is 25.5 Å². The molecule has 0 aliphatic rings. The van der Waals surface area contributed by atoms with Crippen molar-refractivity contribution >= 4 is 16.0 Å². The van der Waals surface area contributed by atoms with Crippen LogP contribution >= 0.6 is 0 Å². The number of rotatable bonds is 4. The van der Waals surface area contributed by atoms with E-state index in [9.17, 15) is 13.2 Å². The number of nitrogens with one attached hydrogen (secondary N) is 1. The summed E-state index contributed by atoms with van der Waals surface area (Å²) in [6.07, 6.45) is 0. The Kier molecular flexibility index (Phi) is 3.39. The van der Waals surface area contributed by atoms with Crippen LogP contribution in [0.4, 0.5) is 0 Å². The van der Waals surface area contributed by atoms with Gasteiger partial charge in [0.05, 0.1) is 0 Å². The lowest BCUT2D eigenvalue weighted by atomic mass is 10.4. The molecule has 0 spiro atoms. The molecule has 7 heteroatoms. The number of sulfonamides is 1. The predicted molar refractivity (Wildman–Crippen MR) is 55.9 cm³/mol. The largest absolute Gasteiger partial charge is 0.475 e. The molecule has 1 rings (SSSR count). The summed E-state index contributed by atoms with van der Waals surface area (Å²) in [5.74, 6) is -1.62. The Hall–Kier alpha value is -1.34. The lowest BCUT2D eigenvalue weighted by molar-refractivity contribution is 0.0661. The third-order valence-corrected chi connectivity index (χ3v) is 3.53. The summed E-state index contributed by atoms with van der Waals surface area (Å²) in [7, 11) is -3.71. The molecule has 0 aliphatic heterocycles. The minimum atomic E-state index is -3.71. The van der Waals surface area contributed by atoms with E-state index in [1.165, 1.54) is 6.92 Å². The summed E-state index contributed by atoms with van der Waals surface area (Å²) in [6.45, 7) is 4.75. The fourth-order valence-corrected chi connectivity index (χ4v) is 2.64. The summed E-state index contributed by atoms with van der Waals surface area (Å²) < 4.78 is 30.6. The first-order chi connectivity index (χ1) is 7.24. The van der Waals surface area contributed by atoms with Crippen molar-refractivity contribution in [3.63, 3.8) is 0 Å². The molecule has 1 heterocycles. The molecule has 16 heavy (non-hydrogen) atoms. The highest BCUT2D eigenvalue weighted by Crippen LogP contribution is 2.20. The van der Waals surface area contributed by atoms with Gasteiger partial charge < -0.3 is 9.52 Å². The molecule has 0 aliphatic carbocycles. The van der Waals surface area contributed by atoms with Crippen LogP contribution < -0.4 is 4.72 Å². The maximum atomic E-state index is 11.7. The van der Waals surface area contributed by atoms with E-state index in [2.05, 4.69) is 4.72 Å². The second-order valence-corrected chi connectivity index (χ2v) is 5.29. The number of carboxylic acid groups (broad SMARTS) is 1. The van der Waals surface area contributed by atoms with Gasteiger partial charge in [-0.25, -0.2) is 17.9 Å². The third kappa shape index (κ3) is 2.61. The van der Waals surface area contributed by atoms with Crippen molar-refractivity contribution in [3.05, 3.63) is 17.6 Å². The van der Waals surface area contributed by atoms with Gasteiger partial charge in [0.25, 0.3) is 0 Å². The van der Waals surface area contributed by atoms with E-state index < -0.39 is 16.0 Å². The van der Waals surface area contributed by atoms with Crippen molar-refractivity contribution in [3.8, 4) is 0 Å². The zero-order chi connectivity index (χ0) is 12.5. The van der Waals surface area contributed by atoms with Crippen LogP contribution in [0.3, 0.4) is 0 Å². The minimum Gasteiger partial charge on any atom is -0.475 e. The van der Waals surface area contributed by atoms with E-state index >= 15 is 0 Å². The number of aryl methyl sites for hydroxylation is 1. The molecule has 2 N–H and O–H groups in total. The van der Waals surface area contributed by atoms with Gasteiger partial charge in [-0.3, -0.25) is 0 Å². The minimum absolute atomic E-state index is 0.0607. The Labute approximate surface area is 93.3 Å². The molecule has 90 valence electrons. The van der Waals surface area contributed by atoms with Crippen molar-refractivity contribution in [1.29, 1.82) is 0 Å². The summed E-state index contributed by atoms with van der Waals surface area (Å²) >= 11 is 0. The zero-order valence-electron chi connectivity index (χ0n) is 9.14. The zero-order valence-corrected chi connectivity index (χ0v) is 9.96. The number of furan rings is 1. The van der Waals surface area contributed by atoms with E-state index in [0.717, 1.165) is 6.07 Å². The Morgan fingerprint density at radius 2 is 2.06 bits per heavy atom. The lowest BCUT2D eigenvalue weighted by Gasteiger charge is -2.07. The number of hydrogen-bond acceptors (Lipinski definition) is 4. The van der Waals surface area contributed by atoms with Crippen LogP contribution in [0.1, 0.15) is 30.2 Å². The number of carboxylic acids is 1. The number of hydrogen-bond donors (Lipinski definition) is 2. The second-order valence-electron chi connectivity index (χ2n) is 3.61. The van der Waals surface area contributed by atoms with E-state index in [-0.39, 0.29) is 22.5 Å². The Bertz CT molecular complexity index is 500. The smallest absolute Gasteiger partial charge is 0.371 e. The molecular weight excluding hydrogens is 234 g/mol. The Balaban J connectivity index is 3.18. The molecule has 1 aromatic heterocycles. The van der Waals surface area contributed by atoms with Gasteiger partial charge in [-0.05, 0) is 20.8 Å². The maximum absolute atomic E-state index is 11.7. The van der Waals surface area contributed by atoms with Crippen LogP contribution in [0.25, 0.3) is 0 Å². The van der Waals surface area contributed by atoms with Gasteiger partial charge in [0.2, 0.25) is 15.8 Å². The van der Waals surface area contributed by atoms with Crippen molar-refractivity contribution in [2.45, 2.75) is 31.7 Å². The third-order valence-electron chi connectivity index (χ3n) is 1.76. The van der Waals surface area contributed by atoms with Crippen molar-refractivity contribution in [2.75, 3.05) is 0 Å². The van der Waals surface area contributed by atoms with Gasteiger partial charge in [0, 0.05) is 12.1 Å². The number of carbonyl (C=O) groups is 1.